The van der Waals surface area contributed by atoms with E-state index in [0.29, 0.717) is 17.2 Å². The van der Waals surface area contributed by atoms with Crippen LogP contribution in [0, 0.1) is 0 Å². The summed E-state index contributed by atoms with van der Waals surface area (Å²) in [6.45, 7) is 3.48. The predicted octanol–water partition coefficient (Wildman–Crippen LogP) is 2.53. The van der Waals surface area contributed by atoms with Gasteiger partial charge in [0.25, 0.3) is 0 Å². The van der Waals surface area contributed by atoms with Crippen molar-refractivity contribution in [3.63, 3.8) is 0 Å². The fraction of sp³-hybridized carbons (Fsp3) is 0.467. The molecule has 22 heavy (non-hydrogen) atoms. The molecular formula is C15H21NO6. The zero-order valence-corrected chi connectivity index (χ0v) is 13.2. The SMILES string of the molecule is CCOC(=O)N(c1cc(OC)cc(OC)c1)C(CC)C(=O)O. The molecule has 1 amide bonds. The van der Waals surface area contributed by atoms with Gasteiger partial charge < -0.3 is 19.3 Å². The number of nitrogens with zero attached hydrogens (tertiary/aromatic N) is 1. The summed E-state index contributed by atoms with van der Waals surface area (Å²) in [6.07, 6.45) is -0.500. The van der Waals surface area contributed by atoms with Crippen molar-refractivity contribution < 1.29 is 28.9 Å². The van der Waals surface area contributed by atoms with Crippen molar-refractivity contribution in [2.24, 2.45) is 0 Å². The van der Waals surface area contributed by atoms with Crippen LogP contribution in [0.2, 0.25) is 0 Å². The quantitative estimate of drug-likeness (QED) is 0.833. The summed E-state index contributed by atoms with van der Waals surface area (Å²) in [5.74, 6) is -0.217. The lowest BCUT2D eigenvalue weighted by Gasteiger charge is -2.28. The maximum atomic E-state index is 12.2. The third kappa shape index (κ3) is 4.03. The summed E-state index contributed by atoms with van der Waals surface area (Å²) in [5.41, 5.74) is 0.337. The van der Waals surface area contributed by atoms with Crippen LogP contribution in [0.15, 0.2) is 18.2 Å². The van der Waals surface area contributed by atoms with Crippen LogP contribution in [0.25, 0.3) is 0 Å². The summed E-state index contributed by atoms with van der Waals surface area (Å²) < 4.78 is 15.3. The molecule has 0 heterocycles. The van der Waals surface area contributed by atoms with Crippen molar-refractivity contribution in [2.45, 2.75) is 26.3 Å². The van der Waals surface area contributed by atoms with E-state index in [2.05, 4.69) is 0 Å². The van der Waals surface area contributed by atoms with Crippen LogP contribution >= 0.6 is 0 Å². The maximum absolute atomic E-state index is 12.2. The second-order valence-electron chi connectivity index (χ2n) is 4.40. The van der Waals surface area contributed by atoms with Crippen LogP contribution in [0.4, 0.5) is 10.5 Å². The largest absolute Gasteiger partial charge is 0.497 e. The molecule has 1 unspecified atom stereocenters. The Kier molecular flexibility index (Phi) is 6.49. The van der Waals surface area contributed by atoms with Gasteiger partial charge in [0.15, 0.2) is 0 Å². The zero-order chi connectivity index (χ0) is 16.7. The van der Waals surface area contributed by atoms with E-state index in [1.165, 1.54) is 14.2 Å². The summed E-state index contributed by atoms with van der Waals surface area (Å²) >= 11 is 0. The molecule has 1 rings (SSSR count). The number of hydrogen-bond acceptors (Lipinski definition) is 5. The highest BCUT2D eigenvalue weighted by Crippen LogP contribution is 2.30. The first kappa shape index (κ1) is 17.6. The molecule has 1 aromatic rings. The van der Waals surface area contributed by atoms with Gasteiger partial charge in [-0.25, -0.2) is 9.59 Å². The Morgan fingerprint density at radius 3 is 2.05 bits per heavy atom. The standard InChI is InChI=1S/C15H21NO6/c1-5-13(14(17)18)16(15(19)22-6-2)10-7-11(20-3)9-12(8-10)21-4/h7-9,13H,5-6H2,1-4H3,(H,17,18). The molecule has 1 aromatic carbocycles. The molecule has 7 heteroatoms. The van der Waals surface area contributed by atoms with Crippen molar-refractivity contribution in [3.05, 3.63) is 18.2 Å². The van der Waals surface area contributed by atoms with E-state index >= 15 is 0 Å². The normalized spacial score (nSPS) is 11.5. The van der Waals surface area contributed by atoms with E-state index in [9.17, 15) is 14.7 Å². The number of amides is 1. The molecule has 1 N–H and O–H groups in total. The number of rotatable bonds is 7. The molecule has 1 atom stereocenters. The summed E-state index contributed by atoms with van der Waals surface area (Å²) in [4.78, 5) is 24.8. The lowest BCUT2D eigenvalue weighted by atomic mass is 10.1. The molecule has 0 aliphatic carbocycles. The van der Waals surface area contributed by atoms with Crippen molar-refractivity contribution in [1.82, 2.24) is 0 Å². The van der Waals surface area contributed by atoms with Gasteiger partial charge in [-0.15, -0.1) is 0 Å². The second-order valence-corrected chi connectivity index (χ2v) is 4.40. The van der Waals surface area contributed by atoms with Gasteiger partial charge in [0.1, 0.15) is 17.5 Å². The van der Waals surface area contributed by atoms with Gasteiger partial charge in [-0.2, -0.15) is 0 Å². The highest BCUT2D eigenvalue weighted by molar-refractivity contribution is 5.95. The third-order valence-corrected chi connectivity index (χ3v) is 3.06. The van der Waals surface area contributed by atoms with E-state index in [1.807, 2.05) is 0 Å². The first-order chi connectivity index (χ1) is 10.5. The number of ether oxygens (including phenoxy) is 3. The summed E-state index contributed by atoms with van der Waals surface area (Å²) in [7, 11) is 2.95. The van der Waals surface area contributed by atoms with Gasteiger partial charge in [-0.1, -0.05) is 6.92 Å². The van der Waals surface area contributed by atoms with Crippen LogP contribution in [-0.2, 0) is 9.53 Å². The van der Waals surface area contributed by atoms with E-state index < -0.39 is 18.1 Å². The molecule has 0 saturated carbocycles. The molecule has 0 radical (unpaired) electrons. The molecule has 0 aliphatic rings. The maximum Gasteiger partial charge on any atom is 0.415 e. The molecule has 0 spiro atoms. The topological polar surface area (TPSA) is 85.3 Å². The Balaban J connectivity index is 3.36. The smallest absolute Gasteiger partial charge is 0.415 e. The average Bonchev–Trinajstić information content (AvgIpc) is 2.51. The monoisotopic (exact) mass is 311 g/mol. The first-order valence-corrected chi connectivity index (χ1v) is 6.90. The Morgan fingerprint density at radius 1 is 1.14 bits per heavy atom. The molecule has 0 fully saturated rings. The van der Waals surface area contributed by atoms with Crippen molar-refractivity contribution in [2.75, 3.05) is 25.7 Å². The molecule has 0 bridgehead atoms. The Bertz CT molecular complexity index is 509. The Morgan fingerprint density at radius 2 is 1.68 bits per heavy atom. The van der Waals surface area contributed by atoms with Gasteiger partial charge in [0, 0.05) is 18.2 Å². The van der Waals surface area contributed by atoms with Gasteiger partial charge in [0.2, 0.25) is 0 Å². The Labute approximate surface area is 129 Å². The van der Waals surface area contributed by atoms with Crippen LogP contribution in [0.5, 0.6) is 11.5 Å². The van der Waals surface area contributed by atoms with Crippen LogP contribution in [0.1, 0.15) is 20.3 Å². The fourth-order valence-electron chi connectivity index (χ4n) is 2.00. The molecule has 122 valence electrons. The van der Waals surface area contributed by atoms with Crippen LogP contribution in [-0.4, -0.2) is 44.0 Å². The fourth-order valence-corrected chi connectivity index (χ4v) is 2.00. The number of anilines is 1. The van der Waals surface area contributed by atoms with E-state index in [-0.39, 0.29) is 13.0 Å². The lowest BCUT2D eigenvalue weighted by molar-refractivity contribution is -0.138. The van der Waals surface area contributed by atoms with Crippen LogP contribution in [0.3, 0.4) is 0 Å². The zero-order valence-electron chi connectivity index (χ0n) is 13.2. The molecule has 0 saturated heterocycles. The van der Waals surface area contributed by atoms with Gasteiger partial charge in [-0.05, 0) is 13.3 Å². The molecule has 0 aliphatic heterocycles. The average molecular weight is 311 g/mol. The summed E-state index contributed by atoms with van der Waals surface area (Å²) in [5, 5.41) is 9.36. The van der Waals surface area contributed by atoms with Crippen molar-refractivity contribution in [3.8, 4) is 11.5 Å². The first-order valence-electron chi connectivity index (χ1n) is 6.90. The third-order valence-electron chi connectivity index (χ3n) is 3.06. The minimum Gasteiger partial charge on any atom is -0.497 e. The highest BCUT2D eigenvalue weighted by Gasteiger charge is 2.31. The van der Waals surface area contributed by atoms with E-state index in [4.69, 9.17) is 14.2 Å². The highest BCUT2D eigenvalue weighted by atomic mass is 16.6. The van der Waals surface area contributed by atoms with Gasteiger partial charge in [-0.3, -0.25) is 4.90 Å². The van der Waals surface area contributed by atoms with Crippen LogP contribution < -0.4 is 14.4 Å². The molecule has 7 nitrogen and oxygen atoms in total. The number of carbonyl (C=O) groups is 2. The van der Waals surface area contributed by atoms with Crippen molar-refractivity contribution >= 4 is 17.7 Å². The molecular weight excluding hydrogens is 290 g/mol. The van der Waals surface area contributed by atoms with Gasteiger partial charge >= 0.3 is 12.1 Å². The van der Waals surface area contributed by atoms with E-state index in [1.54, 1.807) is 32.0 Å². The van der Waals surface area contributed by atoms with Crippen molar-refractivity contribution in [1.29, 1.82) is 0 Å². The van der Waals surface area contributed by atoms with Gasteiger partial charge in [0.05, 0.1) is 26.5 Å². The number of carboxylic acids is 1. The number of methoxy groups -OCH3 is 2. The van der Waals surface area contributed by atoms with E-state index in [0.717, 1.165) is 4.90 Å². The predicted molar refractivity (Wildman–Crippen MR) is 80.8 cm³/mol. The molecule has 0 aromatic heterocycles. The Hall–Kier alpha value is -2.44. The number of benzene rings is 1. The minimum absolute atomic E-state index is 0.145. The minimum atomic E-state index is -1.11. The number of carboxylic acid groups (broad SMARTS) is 1. The second kappa shape index (κ2) is 8.11. The number of carbonyl (C=O) groups excluding carboxylic acids is 1. The number of aliphatic carboxylic acids is 1. The lowest BCUT2D eigenvalue weighted by Crippen LogP contribution is -2.45. The number of hydrogen-bond donors (Lipinski definition) is 1. The summed E-state index contributed by atoms with van der Waals surface area (Å²) in [6, 6.07) is 3.71.